The van der Waals surface area contributed by atoms with Crippen LogP contribution in [0.4, 0.5) is 0 Å². The molecule has 148 valence electrons. The molecule has 0 N–H and O–H groups in total. The van der Waals surface area contributed by atoms with Gasteiger partial charge in [0.2, 0.25) is 0 Å². The van der Waals surface area contributed by atoms with E-state index in [1.165, 1.54) is 11.3 Å². The smallest absolute Gasteiger partial charge is 0.173 e. The summed E-state index contributed by atoms with van der Waals surface area (Å²) in [5.74, 6) is 0.613. The van der Waals surface area contributed by atoms with Crippen molar-refractivity contribution < 1.29 is 4.43 Å². The summed E-state index contributed by atoms with van der Waals surface area (Å²) in [5.41, 5.74) is 2.64. The number of hydrogen-bond donors (Lipinski definition) is 0. The average Bonchev–Trinajstić information content (AvgIpc) is 3.13. The fourth-order valence-electron chi connectivity index (χ4n) is 4.23. The Balaban J connectivity index is 1.97. The predicted octanol–water partition coefficient (Wildman–Crippen LogP) is 4.23. The van der Waals surface area contributed by atoms with Crippen LogP contribution >= 0.6 is 0 Å². The van der Waals surface area contributed by atoms with Gasteiger partial charge in [0, 0.05) is 38.4 Å². The van der Waals surface area contributed by atoms with Crippen molar-refractivity contribution in [2.24, 2.45) is 18.4 Å². The number of likely N-dealkylation sites (tertiary alicyclic amines) is 1. The van der Waals surface area contributed by atoms with Gasteiger partial charge < -0.3 is 8.99 Å². The van der Waals surface area contributed by atoms with Crippen LogP contribution < -0.4 is 0 Å². The van der Waals surface area contributed by atoms with Crippen molar-refractivity contribution in [3.63, 3.8) is 0 Å². The number of imidazole rings is 1. The van der Waals surface area contributed by atoms with Gasteiger partial charge >= 0.3 is 0 Å². The Morgan fingerprint density at radius 3 is 2.48 bits per heavy atom. The maximum Gasteiger partial charge on any atom is 0.173 e. The highest BCUT2D eigenvalue weighted by Crippen LogP contribution is 2.45. The molecular formula is C22H35N3OSi. The molecule has 1 aliphatic rings. The maximum absolute atomic E-state index is 6.86. The van der Waals surface area contributed by atoms with Gasteiger partial charge in [0.25, 0.3) is 0 Å². The second-order valence-electron chi connectivity index (χ2n) is 9.42. The lowest BCUT2D eigenvalue weighted by atomic mass is 9.78. The standard InChI is InChI=1S/C22H35N3OSi/c1-21(2,3)19-12-22(26-27(5)6,13-20-14-23-17-24(20)4)25(16-19)15-18-10-8-7-9-11-18/h7-11,14,17,19,27H,12-13,15-16H2,1-6H3/t19-,22+/m0/s1. The van der Waals surface area contributed by atoms with Gasteiger partial charge in [-0.2, -0.15) is 0 Å². The van der Waals surface area contributed by atoms with Crippen LogP contribution in [0.2, 0.25) is 13.1 Å². The first-order valence-corrected chi connectivity index (χ1v) is 12.9. The van der Waals surface area contributed by atoms with E-state index in [0.29, 0.717) is 5.92 Å². The van der Waals surface area contributed by atoms with E-state index in [2.05, 4.69) is 85.7 Å². The molecule has 0 aliphatic carbocycles. The Morgan fingerprint density at radius 2 is 1.93 bits per heavy atom. The molecule has 0 amide bonds. The largest absolute Gasteiger partial charge is 0.402 e. The zero-order valence-corrected chi connectivity index (χ0v) is 18.9. The quantitative estimate of drug-likeness (QED) is 0.697. The summed E-state index contributed by atoms with van der Waals surface area (Å²) in [6.45, 7) is 13.7. The molecule has 0 unspecified atom stereocenters. The van der Waals surface area contributed by atoms with E-state index in [-0.39, 0.29) is 11.1 Å². The summed E-state index contributed by atoms with van der Waals surface area (Å²) in [6.07, 6.45) is 5.87. The molecule has 1 aliphatic heterocycles. The molecule has 3 rings (SSSR count). The number of benzene rings is 1. The highest BCUT2D eigenvalue weighted by molar-refractivity contribution is 6.48. The van der Waals surface area contributed by atoms with Gasteiger partial charge in [-0.25, -0.2) is 4.98 Å². The number of hydrogen-bond acceptors (Lipinski definition) is 3. The van der Waals surface area contributed by atoms with Gasteiger partial charge in [-0.3, -0.25) is 4.90 Å². The minimum Gasteiger partial charge on any atom is -0.402 e. The van der Waals surface area contributed by atoms with E-state index in [9.17, 15) is 0 Å². The molecule has 0 spiro atoms. The Labute approximate surface area is 166 Å². The van der Waals surface area contributed by atoms with E-state index in [1.54, 1.807) is 0 Å². The highest BCUT2D eigenvalue weighted by Gasteiger charge is 2.50. The average molecular weight is 386 g/mol. The van der Waals surface area contributed by atoms with Crippen LogP contribution in [0.5, 0.6) is 0 Å². The minimum atomic E-state index is -1.23. The molecule has 1 aromatic heterocycles. The molecule has 1 aromatic carbocycles. The predicted molar refractivity (Wildman–Crippen MR) is 114 cm³/mol. The molecule has 2 atom stereocenters. The van der Waals surface area contributed by atoms with Crippen LogP contribution in [-0.4, -0.2) is 35.8 Å². The topological polar surface area (TPSA) is 30.3 Å². The van der Waals surface area contributed by atoms with Crippen molar-refractivity contribution in [3.05, 3.63) is 54.1 Å². The molecule has 0 radical (unpaired) electrons. The van der Waals surface area contributed by atoms with Crippen LogP contribution in [-0.2, 0) is 24.4 Å². The van der Waals surface area contributed by atoms with Gasteiger partial charge in [0.1, 0.15) is 5.72 Å². The molecule has 0 bridgehead atoms. The minimum absolute atomic E-state index is 0.234. The van der Waals surface area contributed by atoms with Crippen molar-refractivity contribution in [1.82, 2.24) is 14.5 Å². The molecule has 2 heterocycles. The van der Waals surface area contributed by atoms with Crippen molar-refractivity contribution in [2.75, 3.05) is 6.54 Å². The Bertz CT molecular complexity index is 738. The lowest BCUT2D eigenvalue weighted by Gasteiger charge is -2.40. The van der Waals surface area contributed by atoms with E-state index in [4.69, 9.17) is 4.43 Å². The highest BCUT2D eigenvalue weighted by atomic mass is 28.3. The van der Waals surface area contributed by atoms with Crippen LogP contribution in [0.15, 0.2) is 42.9 Å². The monoisotopic (exact) mass is 385 g/mol. The van der Waals surface area contributed by atoms with Gasteiger partial charge in [0.05, 0.1) is 6.33 Å². The molecule has 4 nitrogen and oxygen atoms in total. The Hall–Kier alpha value is -1.43. The van der Waals surface area contributed by atoms with Crippen molar-refractivity contribution in [1.29, 1.82) is 0 Å². The van der Waals surface area contributed by atoms with Crippen LogP contribution in [0.25, 0.3) is 0 Å². The molecule has 1 fully saturated rings. The second-order valence-corrected chi connectivity index (χ2v) is 11.8. The fourth-order valence-corrected chi connectivity index (χ4v) is 5.43. The number of rotatable bonds is 6. The molecule has 0 saturated carbocycles. The molecule has 27 heavy (non-hydrogen) atoms. The van der Waals surface area contributed by atoms with Gasteiger partial charge in [-0.15, -0.1) is 0 Å². The zero-order valence-electron chi connectivity index (χ0n) is 17.8. The number of aryl methyl sites for hydroxylation is 1. The second kappa shape index (κ2) is 7.90. The summed E-state index contributed by atoms with van der Waals surface area (Å²) in [5, 5.41) is 0. The third-order valence-corrected chi connectivity index (χ3v) is 6.76. The zero-order chi connectivity index (χ0) is 19.7. The molecular weight excluding hydrogens is 350 g/mol. The fraction of sp³-hybridized carbons (Fsp3) is 0.591. The number of nitrogens with zero attached hydrogens (tertiary/aromatic N) is 3. The SMILES string of the molecule is Cn1cncc1C[C@]1(O[SiH](C)C)C[C@H](C(C)(C)C)CN1Cc1ccccc1. The maximum atomic E-state index is 6.86. The van der Waals surface area contributed by atoms with E-state index < -0.39 is 9.04 Å². The summed E-state index contributed by atoms with van der Waals surface area (Å²) in [4.78, 5) is 6.96. The molecule has 1 saturated heterocycles. The third-order valence-electron chi connectivity index (χ3n) is 5.85. The van der Waals surface area contributed by atoms with E-state index in [1.807, 2.05) is 12.5 Å². The normalized spacial score (nSPS) is 24.0. The van der Waals surface area contributed by atoms with Gasteiger partial charge in [0.15, 0.2) is 9.04 Å². The van der Waals surface area contributed by atoms with Crippen LogP contribution in [0.1, 0.15) is 38.4 Å². The first kappa shape index (κ1) is 20.3. The van der Waals surface area contributed by atoms with Gasteiger partial charge in [-0.05, 0) is 36.4 Å². The van der Waals surface area contributed by atoms with Crippen LogP contribution in [0, 0.1) is 11.3 Å². The summed E-state index contributed by atoms with van der Waals surface area (Å²) >= 11 is 0. The molecule has 2 aromatic rings. The first-order valence-electron chi connectivity index (χ1n) is 10.1. The van der Waals surface area contributed by atoms with Crippen molar-refractivity contribution in [2.45, 2.75) is 59.0 Å². The summed E-state index contributed by atoms with van der Waals surface area (Å²) in [7, 11) is 0.856. The molecule has 5 heteroatoms. The Kier molecular flexibility index (Phi) is 5.94. The lowest BCUT2D eigenvalue weighted by Crippen LogP contribution is -2.50. The van der Waals surface area contributed by atoms with Crippen LogP contribution in [0.3, 0.4) is 0 Å². The number of aromatic nitrogens is 2. The third kappa shape index (κ3) is 4.70. The summed E-state index contributed by atoms with van der Waals surface area (Å²) < 4.78 is 9.00. The summed E-state index contributed by atoms with van der Waals surface area (Å²) in [6, 6.07) is 10.8. The lowest BCUT2D eigenvalue weighted by molar-refractivity contribution is -0.0652. The van der Waals surface area contributed by atoms with E-state index >= 15 is 0 Å². The Morgan fingerprint density at radius 1 is 1.22 bits per heavy atom. The van der Waals surface area contributed by atoms with Crippen molar-refractivity contribution >= 4 is 9.04 Å². The van der Waals surface area contributed by atoms with Crippen molar-refractivity contribution in [3.8, 4) is 0 Å². The van der Waals surface area contributed by atoms with E-state index in [0.717, 1.165) is 25.9 Å². The van der Waals surface area contributed by atoms with Gasteiger partial charge in [-0.1, -0.05) is 51.1 Å². The first-order chi connectivity index (χ1) is 12.7.